The number of fused-ring (bicyclic) bond motifs is 1. The number of amides is 2. The second-order valence-electron chi connectivity index (χ2n) is 6.67. The van der Waals surface area contributed by atoms with Crippen molar-refractivity contribution in [1.82, 2.24) is 25.3 Å². The summed E-state index contributed by atoms with van der Waals surface area (Å²) in [6.07, 6.45) is 0.864. The molecule has 7 nitrogen and oxygen atoms in total. The summed E-state index contributed by atoms with van der Waals surface area (Å²) in [5.41, 5.74) is 4.16. The fourth-order valence-electron chi connectivity index (χ4n) is 3.11. The average molecular weight is 392 g/mol. The number of halogens is 1. The van der Waals surface area contributed by atoms with E-state index in [0.29, 0.717) is 30.9 Å². The summed E-state index contributed by atoms with van der Waals surface area (Å²) in [6.45, 7) is 4.61. The van der Waals surface area contributed by atoms with E-state index in [1.807, 2.05) is 19.1 Å². The number of hydrogen-bond donors (Lipinski definition) is 2. The number of nitrogens with one attached hydrogen (secondary N) is 2. The maximum absolute atomic E-state index is 12.9. The zero-order valence-electron chi connectivity index (χ0n) is 15.9. The minimum atomic E-state index is -0.0675. The van der Waals surface area contributed by atoms with Gasteiger partial charge < -0.3 is 15.1 Å². The van der Waals surface area contributed by atoms with Crippen LogP contribution in [-0.4, -0.2) is 59.0 Å². The number of nitrogens with zero attached hydrogens (tertiary/aromatic N) is 3. The van der Waals surface area contributed by atoms with E-state index in [2.05, 4.69) is 15.5 Å². The molecule has 2 heterocycles. The van der Waals surface area contributed by atoms with Gasteiger partial charge in [-0.3, -0.25) is 14.7 Å². The van der Waals surface area contributed by atoms with Gasteiger partial charge in [0.25, 0.3) is 11.8 Å². The lowest BCUT2D eigenvalue weighted by Crippen LogP contribution is -2.32. The predicted octanol–water partition coefficient (Wildman–Crippen LogP) is 1.84. The normalized spacial score (nSPS) is 12.7. The fourth-order valence-corrected chi connectivity index (χ4v) is 3.11. The van der Waals surface area contributed by atoms with Gasteiger partial charge in [-0.05, 0) is 24.6 Å². The highest BCUT2D eigenvalue weighted by atomic mass is 35.5. The van der Waals surface area contributed by atoms with Gasteiger partial charge in [-0.2, -0.15) is 5.10 Å². The molecule has 2 N–H and O–H groups in total. The van der Waals surface area contributed by atoms with Crippen LogP contribution in [0.1, 0.15) is 44.6 Å². The molecular weight excluding hydrogens is 366 g/mol. The summed E-state index contributed by atoms with van der Waals surface area (Å²) in [7, 11) is 3.46. The Morgan fingerprint density at radius 2 is 1.85 bits per heavy atom. The molecule has 0 fully saturated rings. The molecule has 0 aliphatic carbocycles. The minimum Gasteiger partial charge on any atom is -0.345 e. The number of hydrogen-bond acceptors (Lipinski definition) is 4. The predicted molar refractivity (Wildman–Crippen MR) is 106 cm³/mol. The van der Waals surface area contributed by atoms with Crippen LogP contribution >= 0.6 is 12.4 Å². The zero-order valence-corrected chi connectivity index (χ0v) is 16.7. The van der Waals surface area contributed by atoms with Crippen LogP contribution in [0.4, 0.5) is 0 Å². The number of rotatable bonds is 5. The SMILES string of the molecule is CCN(Cc1ccc(C(=O)N(C)C)cc1)C(=O)c1n[nH]c2c1CNCC2.Cl. The second-order valence-corrected chi connectivity index (χ2v) is 6.67. The van der Waals surface area contributed by atoms with E-state index >= 15 is 0 Å². The van der Waals surface area contributed by atoms with Gasteiger partial charge in [0.05, 0.1) is 0 Å². The lowest BCUT2D eigenvalue weighted by molar-refractivity contribution is 0.0744. The first kappa shape index (κ1) is 20.9. The number of H-pyrrole nitrogens is 1. The van der Waals surface area contributed by atoms with E-state index < -0.39 is 0 Å². The molecule has 1 aliphatic heterocycles. The van der Waals surface area contributed by atoms with Crippen molar-refractivity contribution in [1.29, 1.82) is 0 Å². The van der Waals surface area contributed by atoms with Crippen molar-refractivity contribution in [2.24, 2.45) is 0 Å². The number of carbonyl (C=O) groups is 2. The van der Waals surface area contributed by atoms with E-state index in [4.69, 9.17) is 0 Å². The largest absolute Gasteiger partial charge is 0.345 e. The smallest absolute Gasteiger partial charge is 0.274 e. The van der Waals surface area contributed by atoms with E-state index in [1.165, 1.54) is 0 Å². The van der Waals surface area contributed by atoms with Gasteiger partial charge in [0.15, 0.2) is 5.69 Å². The van der Waals surface area contributed by atoms with E-state index in [-0.39, 0.29) is 24.2 Å². The van der Waals surface area contributed by atoms with Crippen molar-refractivity contribution in [3.8, 4) is 0 Å². The maximum atomic E-state index is 12.9. The summed E-state index contributed by atoms with van der Waals surface area (Å²) in [6, 6.07) is 7.40. The fraction of sp³-hybridized carbons (Fsp3) is 0.421. The molecule has 0 saturated heterocycles. The van der Waals surface area contributed by atoms with Crippen molar-refractivity contribution in [3.63, 3.8) is 0 Å². The maximum Gasteiger partial charge on any atom is 0.274 e. The first-order valence-electron chi connectivity index (χ1n) is 8.88. The van der Waals surface area contributed by atoms with Gasteiger partial charge in [0, 0.05) is 63.5 Å². The molecule has 3 rings (SSSR count). The summed E-state index contributed by atoms with van der Waals surface area (Å²) >= 11 is 0. The number of aromatic amines is 1. The molecule has 0 bridgehead atoms. The highest BCUT2D eigenvalue weighted by molar-refractivity contribution is 5.94. The third kappa shape index (κ3) is 4.48. The number of carbonyl (C=O) groups excluding carboxylic acids is 2. The van der Waals surface area contributed by atoms with Crippen LogP contribution < -0.4 is 5.32 Å². The summed E-state index contributed by atoms with van der Waals surface area (Å²) in [5, 5.41) is 10.5. The molecule has 0 radical (unpaired) electrons. The van der Waals surface area contributed by atoms with Gasteiger partial charge in [-0.15, -0.1) is 12.4 Å². The Bertz CT molecular complexity index is 801. The van der Waals surface area contributed by atoms with Crippen molar-refractivity contribution in [3.05, 3.63) is 52.3 Å². The molecule has 0 unspecified atom stereocenters. The quantitative estimate of drug-likeness (QED) is 0.814. The van der Waals surface area contributed by atoms with E-state index in [0.717, 1.165) is 29.8 Å². The highest BCUT2D eigenvalue weighted by Crippen LogP contribution is 2.18. The van der Waals surface area contributed by atoms with Gasteiger partial charge in [0.2, 0.25) is 0 Å². The molecule has 0 spiro atoms. The molecule has 1 aromatic carbocycles. The molecule has 27 heavy (non-hydrogen) atoms. The van der Waals surface area contributed by atoms with Crippen LogP contribution in [0.5, 0.6) is 0 Å². The monoisotopic (exact) mass is 391 g/mol. The lowest BCUT2D eigenvalue weighted by Gasteiger charge is -2.21. The van der Waals surface area contributed by atoms with Crippen LogP contribution in [0.3, 0.4) is 0 Å². The number of aromatic nitrogens is 2. The Morgan fingerprint density at radius 3 is 2.48 bits per heavy atom. The Kier molecular flexibility index (Phi) is 6.98. The second kappa shape index (κ2) is 9.01. The van der Waals surface area contributed by atoms with E-state index in [1.54, 1.807) is 36.0 Å². The van der Waals surface area contributed by atoms with Crippen molar-refractivity contribution in [2.75, 3.05) is 27.2 Å². The van der Waals surface area contributed by atoms with Crippen LogP contribution in [-0.2, 0) is 19.5 Å². The Hall–Kier alpha value is -2.38. The van der Waals surface area contributed by atoms with Crippen molar-refractivity contribution >= 4 is 24.2 Å². The third-order valence-corrected chi connectivity index (χ3v) is 4.66. The third-order valence-electron chi connectivity index (χ3n) is 4.66. The zero-order chi connectivity index (χ0) is 18.7. The molecule has 2 aromatic rings. The van der Waals surface area contributed by atoms with Crippen molar-refractivity contribution < 1.29 is 9.59 Å². The molecule has 1 aromatic heterocycles. The summed E-state index contributed by atoms with van der Waals surface area (Å²) in [5.74, 6) is -0.0993. The van der Waals surface area contributed by atoms with Crippen molar-refractivity contribution in [2.45, 2.75) is 26.4 Å². The van der Waals surface area contributed by atoms with Gasteiger partial charge in [-0.1, -0.05) is 12.1 Å². The summed E-state index contributed by atoms with van der Waals surface area (Å²) in [4.78, 5) is 28.2. The molecule has 0 saturated carbocycles. The van der Waals surface area contributed by atoms with Crippen LogP contribution in [0.25, 0.3) is 0 Å². The standard InChI is InChI=1S/C19H25N5O2.ClH/c1-4-24(12-13-5-7-14(8-6-13)18(25)23(2)3)19(26)17-15-11-20-10-9-16(15)21-22-17;/h5-8,20H,4,9-12H2,1-3H3,(H,21,22);1H. The summed E-state index contributed by atoms with van der Waals surface area (Å²) < 4.78 is 0. The lowest BCUT2D eigenvalue weighted by atomic mass is 10.1. The Balaban J connectivity index is 0.00000261. The van der Waals surface area contributed by atoms with Gasteiger partial charge >= 0.3 is 0 Å². The van der Waals surface area contributed by atoms with Crippen LogP contribution in [0.2, 0.25) is 0 Å². The topological polar surface area (TPSA) is 81.3 Å². The molecule has 8 heteroatoms. The first-order chi connectivity index (χ1) is 12.5. The molecule has 146 valence electrons. The first-order valence-corrected chi connectivity index (χ1v) is 8.88. The molecular formula is C19H26ClN5O2. The molecule has 2 amide bonds. The Morgan fingerprint density at radius 1 is 1.15 bits per heavy atom. The van der Waals surface area contributed by atoms with Crippen LogP contribution in [0.15, 0.2) is 24.3 Å². The number of benzene rings is 1. The molecule has 0 atom stereocenters. The highest BCUT2D eigenvalue weighted by Gasteiger charge is 2.25. The van der Waals surface area contributed by atoms with Crippen LogP contribution in [0, 0.1) is 0 Å². The minimum absolute atomic E-state index is 0. The average Bonchev–Trinajstić information content (AvgIpc) is 3.09. The van der Waals surface area contributed by atoms with Gasteiger partial charge in [-0.25, -0.2) is 0 Å². The van der Waals surface area contributed by atoms with E-state index in [9.17, 15) is 9.59 Å². The molecule has 1 aliphatic rings. The Labute approximate surface area is 165 Å². The van der Waals surface area contributed by atoms with Gasteiger partial charge in [0.1, 0.15) is 0 Å².